The molecule has 0 radical (unpaired) electrons. The Hall–Kier alpha value is -2.91. The summed E-state index contributed by atoms with van der Waals surface area (Å²) in [5.41, 5.74) is 2.89. The SMILES string of the molecule is Cc1ccc(/C=C(/C#N)c2nc(-c3cc4cc(Cl)cc(Cl)c4oc3=O)cs2)cc1. The van der Waals surface area contributed by atoms with Gasteiger partial charge < -0.3 is 4.42 Å². The molecule has 0 aliphatic rings. The van der Waals surface area contributed by atoms with Crippen LogP contribution in [0.4, 0.5) is 0 Å². The van der Waals surface area contributed by atoms with Crippen LogP contribution >= 0.6 is 34.5 Å². The van der Waals surface area contributed by atoms with Gasteiger partial charge in [-0.1, -0.05) is 53.0 Å². The number of rotatable bonds is 3. The van der Waals surface area contributed by atoms with Crippen molar-refractivity contribution in [2.45, 2.75) is 6.92 Å². The minimum absolute atomic E-state index is 0.267. The van der Waals surface area contributed by atoms with Gasteiger partial charge in [0, 0.05) is 15.8 Å². The highest BCUT2D eigenvalue weighted by Crippen LogP contribution is 2.31. The third kappa shape index (κ3) is 3.96. The number of hydrogen-bond acceptors (Lipinski definition) is 5. The molecule has 0 unspecified atom stereocenters. The molecule has 0 saturated carbocycles. The number of fused-ring (bicyclic) bond motifs is 1. The topological polar surface area (TPSA) is 66.9 Å². The Labute approximate surface area is 180 Å². The van der Waals surface area contributed by atoms with Crippen molar-refractivity contribution < 1.29 is 4.42 Å². The summed E-state index contributed by atoms with van der Waals surface area (Å²) < 4.78 is 5.37. The lowest BCUT2D eigenvalue weighted by molar-refractivity contribution is 0.563. The Morgan fingerprint density at radius 1 is 1.21 bits per heavy atom. The predicted octanol–water partition coefficient (Wildman–Crippen LogP) is 6.60. The lowest BCUT2D eigenvalue weighted by Gasteiger charge is -2.02. The van der Waals surface area contributed by atoms with E-state index in [4.69, 9.17) is 27.6 Å². The molecule has 0 bridgehead atoms. The van der Waals surface area contributed by atoms with Crippen LogP contribution in [0.1, 0.15) is 16.1 Å². The fraction of sp³-hybridized carbons (Fsp3) is 0.0455. The maximum absolute atomic E-state index is 12.5. The first-order chi connectivity index (χ1) is 13.9. The van der Waals surface area contributed by atoms with Gasteiger partial charge in [0.25, 0.3) is 0 Å². The van der Waals surface area contributed by atoms with Gasteiger partial charge in [-0.05, 0) is 36.8 Å². The highest BCUT2D eigenvalue weighted by molar-refractivity contribution is 7.11. The van der Waals surface area contributed by atoms with Crippen LogP contribution in [0, 0.1) is 18.3 Å². The summed E-state index contributed by atoms with van der Waals surface area (Å²) >= 11 is 13.4. The van der Waals surface area contributed by atoms with Gasteiger partial charge in [-0.2, -0.15) is 5.26 Å². The molecule has 0 atom stereocenters. The highest BCUT2D eigenvalue weighted by atomic mass is 35.5. The third-order valence-corrected chi connectivity index (χ3v) is 5.65. The Morgan fingerprint density at radius 2 is 1.97 bits per heavy atom. The van der Waals surface area contributed by atoms with Crippen molar-refractivity contribution in [1.29, 1.82) is 5.26 Å². The van der Waals surface area contributed by atoms with E-state index in [0.29, 0.717) is 26.7 Å². The zero-order valence-corrected chi connectivity index (χ0v) is 17.4. The average molecular weight is 439 g/mol. The van der Waals surface area contributed by atoms with Crippen LogP contribution in [-0.2, 0) is 0 Å². The number of nitriles is 1. The number of aryl methyl sites for hydroxylation is 1. The van der Waals surface area contributed by atoms with Crippen molar-refractivity contribution in [1.82, 2.24) is 4.98 Å². The standard InChI is InChI=1S/C22H12Cl2N2O2S/c1-12-2-4-13(5-3-12)6-15(10-25)21-26-19(11-29-21)17-8-14-7-16(23)9-18(24)20(14)28-22(17)27/h2-9,11H,1H3/b15-6-. The summed E-state index contributed by atoms with van der Waals surface area (Å²) in [5.74, 6) is 0. The van der Waals surface area contributed by atoms with E-state index in [2.05, 4.69) is 11.1 Å². The molecule has 0 aliphatic heterocycles. The van der Waals surface area contributed by atoms with Gasteiger partial charge in [-0.3, -0.25) is 0 Å². The zero-order chi connectivity index (χ0) is 20.5. The van der Waals surface area contributed by atoms with Gasteiger partial charge in [0.05, 0.1) is 21.9 Å². The fourth-order valence-electron chi connectivity index (χ4n) is 2.83. The fourth-order valence-corrected chi connectivity index (χ4v) is 4.16. The van der Waals surface area contributed by atoms with Crippen LogP contribution in [0.2, 0.25) is 10.0 Å². The summed E-state index contributed by atoms with van der Waals surface area (Å²) in [5, 5.41) is 13.1. The predicted molar refractivity (Wildman–Crippen MR) is 118 cm³/mol. The summed E-state index contributed by atoms with van der Waals surface area (Å²) in [7, 11) is 0. The van der Waals surface area contributed by atoms with Crippen molar-refractivity contribution in [3.05, 3.63) is 84.4 Å². The number of thiazole rings is 1. The average Bonchev–Trinajstić information content (AvgIpc) is 3.17. The van der Waals surface area contributed by atoms with E-state index in [1.807, 2.05) is 31.2 Å². The minimum Gasteiger partial charge on any atom is -0.421 e. The second-order valence-corrected chi connectivity index (χ2v) is 8.07. The second kappa shape index (κ2) is 7.84. The Kier molecular flexibility index (Phi) is 5.25. The summed E-state index contributed by atoms with van der Waals surface area (Å²) in [6.07, 6.45) is 1.77. The molecule has 4 nitrogen and oxygen atoms in total. The molecule has 4 aromatic rings. The van der Waals surface area contributed by atoms with Gasteiger partial charge in [-0.15, -0.1) is 11.3 Å². The number of allylic oxidation sites excluding steroid dienone is 1. The van der Waals surface area contributed by atoms with Crippen molar-refractivity contribution in [3.8, 4) is 17.3 Å². The quantitative estimate of drug-likeness (QED) is 0.267. The first-order valence-corrected chi connectivity index (χ1v) is 10.2. The van der Waals surface area contributed by atoms with Gasteiger partial charge in [-0.25, -0.2) is 9.78 Å². The molecule has 7 heteroatoms. The van der Waals surface area contributed by atoms with Crippen molar-refractivity contribution in [3.63, 3.8) is 0 Å². The molecule has 142 valence electrons. The summed E-state index contributed by atoms with van der Waals surface area (Å²) in [6.45, 7) is 2.00. The molecule has 2 aromatic heterocycles. The Bertz CT molecular complexity index is 1360. The van der Waals surface area contributed by atoms with Gasteiger partial charge in [0.15, 0.2) is 5.58 Å². The number of hydrogen-bond donors (Lipinski definition) is 0. The van der Waals surface area contributed by atoms with Gasteiger partial charge in [0.1, 0.15) is 11.1 Å². The van der Waals surface area contributed by atoms with E-state index >= 15 is 0 Å². The molecule has 0 fully saturated rings. The highest BCUT2D eigenvalue weighted by Gasteiger charge is 2.15. The van der Waals surface area contributed by atoms with E-state index in [1.165, 1.54) is 17.4 Å². The van der Waals surface area contributed by atoms with E-state index < -0.39 is 5.63 Å². The largest absolute Gasteiger partial charge is 0.421 e. The zero-order valence-electron chi connectivity index (χ0n) is 15.1. The van der Waals surface area contributed by atoms with Gasteiger partial charge >= 0.3 is 5.63 Å². The van der Waals surface area contributed by atoms with Crippen LogP contribution in [0.3, 0.4) is 0 Å². The Morgan fingerprint density at radius 3 is 2.69 bits per heavy atom. The van der Waals surface area contributed by atoms with Crippen molar-refractivity contribution >= 4 is 57.2 Å². The molecule has 2 aromatic carbocycles. The Balaban J connectivity index is 1.77. The van der Waals surface area contributed by atoms with Gasteiger partial charge in [0.2, 0.25) is 0 Å². The maximum atomic E-state index is 12.5. The molecule has 29 heavy (non-hydrogen) atoms. The first-order valence-electron chi connectivity index (χ1n) is 8.52. The molecule has 0 saturated heterocycles. The van der Waals surface area contributed by atoms with E-state index in [-0.39, 0.29) is 16.2 Å². The molecule has 4 rings (SSSR count). The number of benzene rings is 2. The normalized spacial score (nSPS) is 11.6. The first kappa shape index (κ1) is 19.4. The van der Waals surface area contributed by atoms with E-state index in [1.54, 1.807) is 23.6 Å². The smallest absolute Gasteiger partial charge is 0.345 e. The van der Waals surface area contributed by atoms with Crippen LogP contribution in [0.25, 0.3) is 33.9 Å². The maximum Gasteiger partial charge on any atom is 0.345 e. The molecular weight excluding hydrogens is 427 g/mol. The lowest BCUT2D eigenvalue weighted by atomic mass is 10.1. The number of nitrogens with zero attached hydrogens (tertiary/aromatic N) is 2. The monoisotopic (exact) mass is 438 g/mol. The molecule has 0 N–H and O–H groups in total. The van der Waals surface area contributed by atoms with E-state index in [0.717, 1.165) is 11.1 Å². The lowest BCUT2D eigenvalue weighted by Crippen LogP contribution is -2.03. The molecule has 0 aliphatic carbocycles. The molecular formula is C22H12Cl2N2O2S. The minimum atomic E-state index is -0.556. The summed E-state index contributed by atoms with van der Waals surface area (Å²) in [6, 6.07) is 14.8. The molecule has 0 spiro atoms. The van der Waals surface area contributed by atoms with Crippen LogP contribution in [0.15, 0.2) is 57.1 Å². The van der Waals surface area contributed by atoms with Crippen LogP contribution in [-0.4, -0.2) is 4.98 Å². The second-order valence-electron chi connectivity index (χ2n) is 6.37. The van der Waals surface area contributed by atoms with Crippen molar-refractivity contribution in [2.24, 2.45) is 0 Å². The molecule has 0 amide bonds. The van der Waals surface area contributed by atoms with Crippen LogP contribution in [0.5, 0.6) is 0 Å². The number of halogens is 2. The summed E-state index contributed by atoms with van der Waals surface area (Å²) in [4.78, 5) is 16.9. The van der Waals surface area contributed by atoms with E-state index in [9.17, 15) is 10.1 Å². The number of aromatic nitrogens is 1. The third-order valence-electron chi connectivity index (χ3n) is 4.27. The molecule has 2 heterocycles. The van der Waals surface area contributed by atoms with Crippen molar-refractivity contribution in [2.75, 3.05) is 0 Å². The van der Waals surface area contributed by atoms with Crippen LogP contribution < -0.4 is 5.63 Å².